The Kier molecular flexibility index (Phi) is 7.33. The number of hydrogen-bond donors (Lipinski definition) is 0. The summed E-state index contributed by atoms with van der Waals surface area (Å²) in [6.45, 7) is 28.2. The van der Waals surface area contributed by atoms with Crippen LogP contribution in [0, 0.1) is 19.8 Å². The Morgan fingerprint density at radius 1 is 0.569 bits per heavy atom. The standard InChI is InChI=1S/C50H55N/c1-30-25-32(47(3,4)5)21-23-43(30)51(44-24-22-33(26-31(44)2)48(6,7)8)45-29-42-46(36-19-14-13-18-35(36)45)38-28-40-37(27-41(38)50(42,11)12)34-17-15-16-20-39(34)49(40,9)10/h13-29,37,40H,1-12H3. The van der Waals surface area contributed by atoms with Gasteiger partial charge in [-0.15, -0.1) is 0 Å². The summed E-state index contributed by atoms with van der Waals surface area (Å²) >= 11 is 0. The molecule has 0 spiro atoms. The summed E-state index contributed by atoms with van der Waals surface area (Å²) in [6.07, 6.45) is 5.33. The minimum absolute atomic E-state index is 0.0726. The van der Waals surface area contributed by atoms with Crippen molar-refractivity contribution in [2.45, 2.75) is 111 Å². The molecule has 3 aliphatic rings. The van der Waals surface area contributed by atoms with E-state index in [0.717, 1.165) is 0 Å². The third kappa shape index (κ3) is 5.02. The van der Waals surface area contributed by atoms with Crippen molar-refractivity contribution >= 4 is 33.4 Å². The normalized spacial score (nSPS) is 19.9. The first-order valence-electron chi connectivity index (χ1n) is 19.0. The number of hydrogen-bond acceptors (Lipinski definition) is 1. The molecule has 0 aliphatic heterocycles. The molecule has 51 heavy (non-hydrogen) atoms. The molecule has 0 heterocycles. The lowest BCUT2D eigenvalue weighted by Crippen LogP contribution is -2.27. The van der Waals surface area contributed by atoms with Gasteiger partial charge in [0.2, 0.25) is 0 Å². The summed E-state index contributed by atoms with van der Waals surface area (Å²) in [4.78, 5) is 2.57. The van der Waals surface area contributed by atoms with Crippen molar-refractivity contribution in [1.82, 2.24) is 0 Å². The molecule has 0 N–H and O–H groups in total. The molecule has 260 valence electrons. The Balaban J connectivity index is 1.40. The monoisotopic (exact) mass is 669 g/mol. The van der Waals surface area contributed by atoms with Gasteiger partial charge in [-0.1, -0.05) is 154 Å². The van der Waals surface area contributed by atoms with E-state index >= 15 is 0 Å². The molecule has 5 aromatic carbocycles. The average Bonchev–Trinajstić information content (AvgIpc) is 3.43. The summed E-state index contributed by atoms with van der Waals surface area (Å²) < 4.78 is 0. The van der Waals surface area contributed by atoms with Crippen molar-refractivity contribution in [1.29, 1.82) is 0 Å². The highest BCUT2D eigenvalue weighted by Gasteiger charge is 2.50. The SMILES string of the molecule is Cc1cc(C(C)(C)C)ccc1N(c1ccc(C(C)(C)C)cc1C)c1cc2c(c3ccccc13)C1=CC3C(C=C1C2(C)C)c1ccccc1C3(C)C. The second-order valence-corrected chi connectivity index (χ2v) is 18.8. The van der Waals surface area contributed by atoms with Crippen LogP contribution in [0.4, 0.5) is 17.1 Å². The van der Waals surface area contributed by atoms with Crippen LogP contribution in [0.15, 0.2) is 109 Å². The molecule has 0 aromatic heterocycles. The second kappa shape index (κ2) is 11.1. The molecule has 0 saturated carbocycles. The van der Waals surface area contributed by atoms with Crippen LogP contribution in [0.2, 0.25) is 0 Å². The molecular weight excluding hydrogens is 615 g/mol. The highest BCUT2D eigenvalue weighted by Crippen LogP contribution is 2.62. The molecule has 8 rings (SSSR count). The molecule has 0 amide bonds. The molecule has 3 aliphatic carbocycles. The molecule has 5 aromatic rings. The van der Waals surface area contributed by atoms with E-state index in [0.29, 0.717) is 11.8 Å². The quantitative estimate of drug-likeness (QED) is 0.185. The van der Waals surface area contributed by atoms with Crippen LogP contribution < -0.4 is 4.90 Å². The molecular formula is C50H55N. The fraction of sp³-hybridized carbons (Fsp3) is 0.360. The van der Waals surface area contributed by atoms with E-state index in [1.54, 1.807) is 0 Å². The van der Waals surface area contributed by atoms with Crippen molar-refractivity contribution in [2.24, 2.45) is 5.92 Å². The van der Waals surface area contributed by atoms with Gasteiger partial charge in [0.15, 0.2) is 0 Å². The predicted molar refractivity (Wildman–Crippen MR) is 220 cm³/mol. The number of anilines is 3. The zero-order valence-electron chi connectivity index (χ0n) is 32.9. The number of nitrogens with zero attached hydrogens (tertiary/aromatic N) is 1. The first-order valence-corrected chi connectivity index (χ1v) is 19.0. The summed E-state index contributed by atoms with van der Waals surface area (Å²) in [5.74, 6) is 0.831. The van der Waals surface area contributed by atoms with Gasteiger partial charge < -0.3 is 4.90 Å². The maximum absolute atomic E-state index is 2.67. The Morgan fingerprint density at radius 2 is 1.12 bits per heavy atom. The van der Waals surface area contributed by atoms with Gasteiger partial charge in [0.1, 0.15) is 0 Å². The zero-order valence-corrected chi connectivity index (χ0v) is 32.9. The van der Waals surface area contributed by atoms with Crippen LogP contribution in [-0.2, 0) is 21.7 Å². The van der Waals surface area contributed by atoms with Gasteiger partial charge in [0.05, 0.1) is 5.69 Å². The summed E-state index contributed by atoms with van der Waals surface area (Å²) in [7, 11) is 0. The maximum atomic E-state index is 2.67. The lowest BCUT2D eigenvalue weighted by molar-refractivity contribution is 0.393. The molecule has 0 radical (unpaired) electrons. The number of fused-ring (bicyclic) bond motifs is 8. The third-order valence-electron chi connectivity index (χ3n) is 12.7. The Hall–Kier alpha value is -4.36. The maximum Gasteiger partial charge on any atom is 0.0543 e. The van der Waals surface area contributed by atoms with Crippen molar-refractivity contribution in [3.05, 3.63) is 153 Å². The molecule has 0 saturated heterocycles. The third-order valence-corrected chi connectivity index (χ3v) is 12.7. The molecule has 2 atom stereocenters. The van der Waals surface area contributed by atoms with E-state index in [-0.39, 0.29) is 21.7 Å². The van der Waals surface area contributed by atoms with Crippen LogP contribution in [0.1, 0.15) is 120 Å². The first kappa shape index (κ1) is 33.8. The van der Waals surface area contributed by atoms with E-state index in [1.807, 2.05) is 0 Å². The van der Waals surface area contributed by atoms with Gasteiger partial charge in [0, 0.05) is 28.1 Å². The van der Waals surface area contributed by atoms with Gasteiger partial charge in [-0.05, 0) is 115 Å². The second-order valence-electron chi connectivity index (χ2n) is 18.8. The van der Waals surface area contributed by atoms with Gasteiger partial charge in [-0.3, -0.25) is 0 Å². The Bertz CT molecular complexity index is 2250. The van der Waals surface area contributed by atoms with Crippen molar-refractivity contribution in [3.8, 4) is 0 Å². The lowest BCUT2D eigenvalue weighted by Gasteiger charge is -2.34. The van der Waals surface area contributed by atoms with Crippen LogP contribution in [0.3, 0.4) is 0 Å². The molecule has 0 fully saturated rings. The average molecular weight is 670 g/mol. The van der Waals surface area contributed by atoms with Gasteiger partial charge in [-0.25, -0.2) is 0 Å². The molecule has 1 nitrogen and oxygen atoms in total. The first-order chi connectivity index (χ1) is 23.9. The Morgan fingerprint density at radius 3 is 1.69 bits per heavy atom. The van der Waals surface area contributed by atoms with Gasteiger partial charge >= 0.3 is 0 Å². The Labute approximate surface area is 307 Å². The summed E-state index contributed by atoms with van der Waals surface area (Å²) in [6, 6.07) is 35.2. The summed E-state index contributed by atoms with van der Waals surface area (Å²) in [5.41, 5.74) is 17.9. The van der Waals surface area contributed by atoms with E-state index in [9.17, 15) is 0 Å². The lowest BCUT2D eigenvalue weighted by atomic mass is 9.70. The van der Waals surface area contributed by atoms with Crippen LogP contribution >= 0.6 is 0 Å². The number of rotatable bonds is 3. The highest BCUT2D eigenvalue weighted by atomic mass is 15.1. The smallest absolute Gasteiger partial charge is 0.0543 e. The molecule has 1 heteroatoms. The largest absolute Gasteiger partial charge is 0.309 e. The molecule has 2 unspecified atom stereocenters. The van der Waals surface area contributed by atoms with E-state index in [4.69, 9.17) is 0 Å². The predicted octanol–water partition coefficient (Wildman–Crippen LogP) is 13.8. The minimum Gasteiger partial charge on any atom is -0.309 e. The van der Waals surface area contributed by atoms with E-state index in [1.165, 1.54) is 83.5 Å². The number of allylic oxidation sites excluding steroid dienone is 4. The topological polar surface area (TPSA) is 3.24 Å². The summed E-state index contributed by atoms with van der Waals surface area (Å²) in [5, 5.41) is 2.64. The van der Waals surface area contributed by atoms with Gasteiger partial charge in [0.25, 0.3) is 0 Å². The van der Waals surface area contributed by atoms with E-state index in [2.05, 4.69) is 191 Å². The van der Waals surface area contributed by atoms with Crippen LogP contribution in [-0.4, -0.2) is 0 Å². The minimum atomic E-state index is -0.144. The highest BCUT2D eigenvalue weighted by molar-refractivity contribution is 6.10. The zero-order chi connectivity index (χ0) is 36.4. The number of benzene rings is 5. The fourth-order valence-corrected chi connectivity index (χ4v) is 9.61. The number of aryl methyl sites for hydroxylation is 2. The van der Waals surface area contributed by atoms with Crippen molar-refractivity contribution in [2.75, 3.05) is 4.90 Å². The molecule has 0 bridgehead atoms. The van der Waals surface area contributed by atoms with Crippen LogP contribution in [0.5, 0.6) is 0 Å². The van der Waals surface area contributed by atoms with Gasteiger partial charge in [-0.2, -0.15) is 0 Å². The van der Waals surface area contributed by atoms with Crippen LogP contribution in [0.25, 0.3) is 16.3 Å². The van der Waals surface area contributed by atoms with Crippen molar-refractivity contribution in [3.63, 3.8) is 0 Å². The van der Waals surface area contributed by atoms with Crippen molar-refractivity contribution < 1.29 is 0 Å². The van der Waals surface area contributed by atoms with E-state index < -0.39 is 0 Å². The fourth-order valence-electron chi connectivity index (χ4n) is 9.61.